The number of pyridine rings is 1. The molecule has 6 nitrogen and oxygen atoms in total. The van der Waals surface area contributed by atoms with Crippen molar-refractivity contribution >= 4 is 5.91 Å². The summed E-state index contributed by atoms with van der Waals surface area (Å²) in [6.07, 6.45) is -0.814. The topological polar surface area (TPSA) is 83.9 Å². The van der Waals surface area contributed by atoms with Gasteiger partial charge < -0.3 is 9.73 Å². The average Bonchev–Trinajstić information content (AvgIpc) is 3.22. The van der Waals surface area contributed by atoms with Crippen LogP contribution >= 0.6 is 0 Å². The lowest BCUT2D eigenvalue weighted by molar-refractivity contribution is -0.140. The minimum absolute atomic E-state index is 0.0958. The van der Waals surface area contributed by atoms with E-state index in [4.69, 9.17) is 9.83 Å². The maximum atomic E-state index is 13.6. The number of halogens is 4. The Labute approximate surface area is 197 Å². The molecular weight excluding hydrogens is 464 g/mol. The third-order valence-electron chi connectivity index (χ3n) is 5.39. The van der Waals surface area contributed by atoms with Crippen LogP contribution in [0.3, 0.4) is 0 Å². The molecule has 0 unspecified atom stereocenters. The van der Waals surface area contributed by atoms with E-state index in [0.717, 1.165) is 6.20 Å². The van der Waals surface area contributed by atoms with Crippen molar-refractivity contribution in [1.29, 1.82) is 5.41 Å². The first kappa shape index (κ1) is 23.9. The highest BCUT2D eigenvalue weighted by Crippen LogP contribution is 2.36. The lowest BCUT2D eigenvalue weighted by Gasteiger charge is -2.17. The van der Waals surface area contributed by atoms with Crippen LogP contribution in [0.25, 0.3) is 11.1 Å². The monoisotopic (exact) mass is 484 g/mol. The number of alkyl halides is 3. The second kappa shape index (κ2) is 9.57. The lowest BCUT2D eigenvalue weighted by atomic mass is 9.97. The molecule has 0 saturated carbocycles. The minimum atomic E-state index is -4.69. The van der Waals surface area contributed by atoms with Crippen LogP contribution < -0.4 is 11.0 Å². The maximum Gasteiger partial charge on any atom is 0.433 e. The molecule has 4 rings (SSSR count). The SMILES string of the molecule is C[C@H](NC(=O)c1cc(Cn2ccoc2=N)cc(-c2cccnc2C(F)(F)F)c1)c1ccc(F)cc1. The van der Waals surface area contributed by atoms with E-state index in [1.807, 2.05) is 0 Å². The molecule has 1 atom stereocenters. The molecule has 0 bridgehead atoms. The third kappa shape index (κ3) is 5.48. The minimum Gasteiger partial charge on any atom is -0.432 e. The Bertz CT molecular complexity index is 1410. The Kier molecular flexibility index (Phi) is 6.54. The molecule has 0 aliphatic rings. The van der Waals surface area contributed by atoms with Gasteiger partial charge in [0.1, 0.15) is 12.1 Å². The van der Waals surface area contributed by atoms with Gasteiger partial charge in [-0.3, -0.25) is 19.8 Å². The van der Waals surface area contributed by atoms with Gasteiger partial charge in [0.2, 0.25) is 0 Å². The quantitative estimate of drug-likeness (QED) is 0.364. The molecule has 0 aliphatic carbocycles. The first-order valence-corrected chi connectivity index (χ1v) is 10.5. The zero-order valence-corrected chi connectivity index (χ0v) is 18.4. The summed E-state index contributed by atoms with van der Waals surface area (Å²) in [6, 6.07) is 12.3. The Morgan fingerprint density at radius 1 is 1.17 bits per heavy atom. The Balaban J connectivity index is 1.74. The Hall–Kier alpha value is -4.21. The fourth-order valence-electron chi connectivity index (χ4n) is 3.67. The molecule has 0 spiro atoms. The van der Waals surface area contributed by atoms with Gasteiger partial charge in [-0.1, -0.05) is 18.2 Å². The largest absolute Gasteiger partial charge is 0.433 e. The van der Waals surface area contributed by atoms with Crippen molar-refractivity contribution in [3.63, 3.8) is 0 Å². The number of hydrogen-bond donors (Lipinski definition) is 2. The molecule has 0 aliphatic heterocycles. The van der Waals surface area contributed by atoms with Crippen molar-refractivity contribution < 1.29 is 26.8 Å². The second-order valence-corrected chi connectivity index (χ2v) is 7.90. The van der Waals surface area contributed by atoms with Gasteiger partial charge in [-0.2, -0.15) is 13.2 Å². The summed E-state index contributed by atoms with van der Waals surface area (Å²) in [5.74, 6) is -0.933. The molecule has 180 valence electrons. The average molecular weight is 484 g/mol. The number of hydrogen-bond acceptors (Lipinski definition) is 4. The molecular formula is C25H20F4N4O2. The van der Waals surface area contributed by atoms with Crippen molar-refractivity contribution in [2.45, 2.75) is 25.7 Å². The zero-order valence-electron chi connectivity index (χ0n) is 18.4. The van der Waals surface area contributed by atoms with Crippen LogP contribution in [0.15, 0.2) is 77.7 Å². The number of nitrogens with one attached hydrogen (secondary N) is 2. The highest BCUT2D eigenvalue weighted by molar-refractivity contribution is 5.96. The molecule has 2 heterocycles. The summed E-state index contributed by atoms with van der Waals surface area (Å²) in [7, 11) is 0. The standard InChI is InChI=1S/C25H20F4N4O2/c1-15(17-4-6-20(26)7-5-17)32-23(34)19-12-16(14-33-9-10-35-24(33)30)11-18(13-19)21-3-2-8-31-22(21)25(27,28)29/h2-13,15,30H,14H2,1H3,(H,32,34)/t15-/m0/s1. The van der Waals surface area contributed by atoms with Gasteiger partial charge in [0.15, 0.2) is 5.69 Å². The summed E-state index contributed by atoms with van der Waals surface area (Å²) in [6.45, 7) is 1.81. The number of carbonyl (C=O) groups excluding carboxylic acids is 1. The normalized spacial score (nSPS) is 12.4. The van der Waals surface area contributed by atoms with Crippen molar-refractivity contribution in [2.75, 3.05) is 0 Å². The van der Waals surface area contributed by atoms with Gasteiger partial charge in [-0.05, 0) is 60.0 Å². The third-order valence-corrected chi connectivity index (χ3v) is 5.39. The van der Waals surface area contributed by atoms with Gasteiger partial charge in [0, 0.05) is 23.5 Å². The van der Waals surface area contributed by atoms with Crippen LogP contribution in [0.1, 0.15) is 40.1 Å². The first-order valence-electron chi connectivity index (χ1n) is 10.5. The van der Waals surface area contributed by atoms with E-state index in [9.17, 15) is 22.4 Å². The first-order chi connectivity index (χ1) is 16.6. The molecule has 0 fully saturated rings. The van der Waals surface area contributed by atoms with E-state index in [-0.39, 0.29) is 28.9 Å². The lowest BCUT2D eigenvalue weighted by Crippen LogP contribution is -2.27. The predicted octanol–water partition coefficient (Wildman–Crippen LogP) is 5.32. The highest BCUT2D eigenvalue weighted by atomic mass is 19.4. The van der Waals surface area contributed by atoms with E-state index in [1.54, 1.807) is 25.1 Å². The molecule has 2 aromatic heterocycles. The van der Waals surface area contributed by atoms with E-state index in [1.165, 1.54) is 53.4 Å². The van der Waals surface area contributed by atoms with Gasteiger partial charge >= 0.3 is 6.18 Å². The highest BCUT2D eigenvalue weighted by Gasteiger charge is 2.35. The van der Waals surface area contributed by atoms with E-state index < -0.39 is 29.6 Å². The van der Waals surface area contributed by atoms with Crippen molar-refractivity contribution in [3.8, 4) is 11.1 Å². The fourth-order valence-corrected chi connectivity index (χ4v) is 3.67. The summed E-state index contributed by atoms with van der Waals surface area (Å²) in [5, 5.41) is 10.6. The molecule has 0 saturated heterocycles. The molecule has 2 N–H and O–H groups in total. The number of benzene rings is 2. The molecule has 4 aromatic rings. The molecule has 2 aromatic carbocycles. The summed E-state index contributed by atoms with van der Waals surface area (Å²) >= 11 is 0. The van der Waals surface area contributed by atoms with Gasteiger partial charge in [0.05, 0.1) is 12.6 Å². The second-order valence-electron chi connectivity index (χ2n) is 7.90. The van der Waals surface area contributed by atoms with Crippen molar-refractivity contribution in [2.24, 2.45) is 0 Å². The van der Waals surface area contributed by atoms with Crippen molar-refractivity contribution in [1.82, 2.24) is 14.9 Å². The zero-order chi connectivity index (χ0) is 25.2. The molecule has 10 heteroatoms. The van der Waals surface area contributed by atoms with E-state index in [0.29, 0.717) is 11.1 Å². The number of aromatic nitrogens is 2. The van der Waals surface area contributed by atoms with Crippen LogP contribution in [0.4, 0.5) is 17.6 Å². The van der Waals surface area contributed by atoms with E-state index in [2.05, 4.69) is 10.3 Å². The molecule has 35 heavy (non-hydrogen) atoms. The smallest absolute Gasteiger partial charge is 0.432 e. The van der Waals surface area contributed by atoms with Crippen LogP contribution in [-0.4, -0.2) is 15.5 Å². The van der Waals surface area contributed by atoms with Gasteiger partial charge in [-0.15, -0.1) is 0 Å². The van der Waals surface area contributed by atoms with Gasteiger partial charge in [-0.25, -0.2) is 4.39 Å². The van der Waals surface area contributed by atoms with Crippen LogP contribution in [0, 0.1) is 11.2 Å². The van der Waals surface area contributed by atoms with Crippen molar-refractivity contribution in [3.05, 3.63) is 107 Å². The summed E-state index contributed by atoms with van der Waals surface area (Å²) in [4.78, 5) is 16.6. The Morgan fingerprint density at radius 3 is 2.57 bits per heavy atom. The van der Waals surface area contributed by atoms with E-state index >= 15 is 0 Å². The molecule has 1 amide bonds. The number of oxazole rings is 1. The summed E-state index contributed by atoms with van der Waals surface area (Å²) in [5.41, 5.74) is 0.0292. The predicted molar refractivity (Wildman–Crippen MR) is 119 cm³/mol. The number of rotatable bonds is 6. The van der Waals surface area contributed by atoms with Crippen LogP contribution in [0.2, 0.25) is 0 Å². The number of carbonyl (C=O) groups is 1. The number of amides is 1. The maximum absolute atomic E-state index is 13.6. The fraction of sp³-hybridized carbons (Fsp3) is 0.160. The van der Waals surface area contributed by atoms with Crippen LogP contribution in [0.5, 0.6) is 0 Å². The molecule has 0 radical (unpaired) electrons. The summed E-state index contributed by atoms with van der Waals surface area (Å²) < 4.78 is 60.5. The Morgan fingerprint density at radius 2 is 1.91 bits per heavy atom. The van der Waals surface area contributed by atoms with Gasteiger partial charge in [0.25, 0.3) is 11.6 Å². The number of nitrogens with zero attached hydrogens (tertiary/aromatic N) is 2. The van der Waals surface area contributed by atoms with Crippen LogP contribution in [-0.2, 0) is 12.7 Å².